The second-order valence-corrected chi connectivity index (χ2v) is 5.82. The molecule has 1 aromatic carbocycles. The minimum absolute atomic E-state index is 0.0281. The number of amides is 1. The molecule has 1 aromatic heterocycles. The fourth-order valence-electron chi connectivity index (χ4n) is 2.92. The van der Waals surface area contributed by atoms with Crippen LogP contribution in [0.1, 0.15) is 16.8 Å². The molecule has 0 aliphatic carbocycles. The van der Waals surface area contributed by atoms with Crippen LogP contribution in [0.15, 0.2) is 36.5 Å². The number of carbonyl (C=O) groups is 1. The molecule has 7 nitrogen and oxygen atoms in total. The molecule has 1 amide bonds. The normalized spacial score (nSPS) is 16.6. The third-order valence-corrected chi connectivity index (χ3v) is 4.24. The number of pyridine rings is 1. The molecule has 132 valence electrons. The number of carbonyl (C=O) groups excluding carboxylic acids is 1. The van der Waals surface area contributed by atoms with E-state index in [9.17, 15) is 9.90 Å². The van der Waals surface area contributed by atoms with Gasteiger partial charge in [0.2, 0.25) is 5.75 Å². The number of nitrogens with zero attached hydrogens (tertiary/aromatic N) is 2. The van der Waals surface area contributed by atoms with E-state index in [1.807, 2.05) is 18.2 Å². The number of methoxy groups -OCH3 is 2. The van der Waals surface area contributed by atoms with Gasteiger partial charge in [0.15, 0.2) is 11.5 Å². The number of aromatic nitrogens is 1. The third kappa shape index (κ3) is 3.60. The van der Waals surface area contributed by atoms with Crippen molar-refractivity contribution < 1.29 is 19.4 Å². The Morgan fingerprint density at radius 2 is 2.00 bits per heavy atom. The van der Waals surface area contributed by atoms with E-state index in [1.165, 1.54) is 26.4 Å². The Morgan fingerprint density at radius 3 is 2.60 bits per heavy atom. The van der Waals surface area contributed by atoms with Crippen LogP contribution in [0.25, 0.3) is 0 Å². The topological polar surface area (TPSA) is 83.9 Å². The fraction of sp³-hybridized carbons (Fsp3) is 0.333. The van der Waals surface area contributed by atoms with Gasteiger partial charge in [-0.2, -0.15) is 0 Å². The van der Waals surface area contributed by atoms with Gasteiger partial charge in [0.25, 0.3) is 5.91 Å². The molecule has 0 unspecified atom stereocenters. The highest BCUT2D eigenvalue weighted by Gasteiger charge is 2.25. The monoisotopic (exact) mass is 343 g/mol. The van der Waals surface area contributed by atoms with Gasteiger partial charge in [-0.25, -0.2) is 4.98 Å². The lowest BCUT2D eigenvalue weighted by molar-refractivity contribution is 0.0939. The standard InChI is InChI=1S/C18H21N3O4/c1-24-14-9-12(10-15(25-2)17(14)22)18(23)20-13-6-8-21(11-13)16-5-3-4-7-19-16/h3-5,7,9-10,13,22H,6,8,11H2,1-2H3,(H,20,23)/t13-/m1/s1. The number of anilines is 1. The summed E-state index contributed by atoms with van der Waals surface area (Å²) < 4.78 is 10.2. The highest BCUT2D eigenvalue weighted by molar-refractivity contribution is 5.95. The number of aromatic hydroxyl groups is 1. The van der Waals surface area contributed by atoms with Gasteiger partial charge in [-0.05, 0) is 30.7 Å². The van der Waals surface area contributed by atoms with Crippen LogP contribution >= 0.6 is 0 Å². The average molecular weight is 343 g/mol. The number of rotatable bonds is 5. The number of hydrogen-bond acceptors (Lipinski definition) is 6. The van der Waals surface area contributed by atoms with Crippen molar-refractivity contribution >= 4 is 11.7 Å². The molecule has 1 saturated heterocycles. The van der Waals surface area contributed by atoms with E-state index >= 15 is 0 Å². The second-order valence-electron chi connectivity index (χ2n) is 5.82. The summed E-state index contributed by atoms with van der Waals surface area (Å²) in [6.45, 7) is 1.54. The van der Waals surface area contributed by atoms with Crippen LogP contribution in [-0.2, 0) is 0 Å². The van der Waals surface area contributed by atoms with Gasteiger partial charge in [-0.1, -0.05) is 6.07 Å². The van der Waals surface area contributed by atoms with Crippen molar-refractivity contribution in [2.24, 2.45) is 0 Å². The first-order valence-electron chi connectivity index (χ1n) is 8.04. The first kappa shape index (κ1) is 16.9. The van der Waals surface area contributed by atoms with Crippen LogP contribution < -0.4 is 19.7 Å². The highest BCUT2D eigenvalue weighted by atomic mass is 16.5. The van der Waals surface area contributed by atoms with E-state index in [4.69, 9.17) is 9.47 Å². The van der Waals surface area contributed by atoms with Crippen LogP contribution in [0.3, 0.4) is 0 Å². The van der Waals surface area contributed by atoms with Crippen molar-refractivity contribution in [3.8, 4) is 17.2 Å². The average Bonchev–Trinajstić information content (AvgIpc) is 3.11. The summed E-state index contributed by atoms with van der Waals surface area (Å²) in [6.07, 6.45) is 2.60. The molecule has 0 spiro atoms. The Morgan fingerprint density at radius 1 is 1.28 bits per heavy atom. The lowest BCUT2D eigenvalue weighted by Gasteiger charge is -2.18. The number of nitrogens with one attached hydrogen (secondary N) is 1. The molecule has 1 aliphatic rings. The Labute approximate surface area is 146 Å². The van der Waals surface area contributed by atoms with E-state index in [0.717, 1.165) is 18.8 Å². The molecule has 3 rings (SSSR count). The number of phenols is 1. The molecule has 2 N–H and O–H groups in total. The predicted molar refractivity (Wildman–Crippen MR) is 93.5 cm³/mol. The molecule has 1 fully saturated rings. The van der Waals surface area contributed by atoms with E-state index in [2.05, 4.69) is 15.2 Å². The van der Waals surface area contributed by atoms with Crippen LogP contribution in [0.4, 0.5) is 5.82 Å². The van der Waals surface area contributed by atoms with Crippen molar-refractivity contribution in [3.63, 3.8) is 0 Å². The van der Waals surface area contributed by atoms with E-state index < -0.39 is 0 Å². The smallest absolute Gasteiger partial charge is 0.251 e. The molecule has 0 bridgehead atoms. The van der Waals surface area contributed by atoms with Crippen LogP contribution in [0.2, 0.25) is 0 Å². The summed E-state index contributed by atoms with van der Waals surface area (Å²) in [4.78, 5) is 19.0. The molecule has 0 radical (unpaired) electrons. The SMILES string of the molecule is COc1cc(C(=O)N[C@@H]2CCN(c3ccccn3)C2)cc(OC)c1O. The Kier molecular flexibility index (Phi) is 4.92. The summed E-state index contributed by atoms with van der Waals surface area (Å²) in [7, 11) is 2.86. The minimum Gasteiger partial charge on any atom is -0.502 e. The molecule has 1 atom stereocenters. The Bertz CT molecular complexity index is 726. The van der Waals surface area contributed by atoms with Gasteiger partial charge in [0.1, 0.15) is 5.82 Å². The molecule has 25 heavy (non-hydrogen) atoms. The van der Waals surface area contributed by atoms with Crippen molar-refractivity contribution in [2.45, 2.75) is 12.5 Å². The quantitative estimate of drug-likeness (QED) is 0.861. The second kappa shape index (κ2) is 7.29. The lowest BCUT2D eigenvalue weighted by atomic mass is 10.1. The maximum atomic E-state index is 12.6. The molecule has 1 aliphatic heterocycles. The van der Waals surface area contributed by atoms with E-state index in [1.54, 1.807) is 6.20 Å². The van der Waals surface area contributed by atoms with Crippen molar-refractivity contribution in [2.75, 3.05) is 32.2 Å². The molecule has 7 heteroatoms. The fourth-order valence-corrected chi connectivity index (χ4v) is 2.92. The molecule has 0 saturated carbocycles. The summed E-state index contributed by atoms with van der Waals surface area (Å²) in [5.74, 6) is 0.956. The van der Waals surface area contributed by atoms with E-state index in [-0.39, 0.29) is 29.2 Å². The maximum Gasteiger partial charge on any atom is 0.251 e. The number of phenolic OH excluding ortho intramolecular Hbond substituents is 1. The van der Waals surface area contributed by atoms with Crippen molar-refractivity contribution in [1.82, 2.24) is 10.3 Å². The third-order valence-electron chi connectivity index (χ3n) is 4.24. The summed E-state index contributed by atoms with van der Waals surface area (Å²) in [6, 6.07) is 8.81. The molecule has 2 aromatic rings. The van der Waals surface area contributed by atoms with Gasteiger partial charge in [-0.15, -0.1) is 0 Å². The van der Waals surface area contributed by atoms with E-state index in [0.29, 0.717) is 12.1 Å². The summed E-state index contributed by atoms with van der Waals surface area (Å²) in [5.41, 5.74) is 0.378. The van der Waals surface area contributed by atoms with Crippen molar-refractivity contribution in [3.05, 3.63) is 42.1 Å². The largest absolute Gasteiger partial charge is 0.502 e. The van der Waals surface area contributed by atoms with Gasteiger partial charge in [0, 0.05) is 30.9 Å². The Balaban J connectivity index is 1.69. The van der Waals surface area contributed by atoms with Gasteiger partial charge >= 0.3 is 0 Å². The van der Waals surface area contributed by atoms with Crippen LogP contribution in [0.5, 0.6) is 17.2 Å². The van der Waals surface area contributed by atoms with Gasteiger partial charge in [-0.3, -0.25) is 4.79 Å². The minimum atomic E-state index is -0.232. The van der Waals surface area contributed by atoms with Crippen LogP contribution in [-0.4, -0.2) is 49.3 Å². The van der Waals surface area contributed by atoms with Gasteiger partial charge in [0.05, 0.1) is 14.2 Å². The molecule has 2 heterocycles. The van der Waals surface area contributed by atoms with Gasteiger partial charge < -0.3 is 24.8 Å². The zero-order valence-electron chi connectivity index (χ0n) is 14.2. The van der Waals surface area contributed by atoms with Crippen LogP contribution in [0, 0.1) is 0 Å². The predicted octanol–water partition coefficient (Wildman–Crippen LogP) is 1.81. The first-order valence-corrected chi connectivity index (χ1v) is 8.04. The zero-order valence-corrected chi connectivity index (χ0v) is 14.2. The molecular formula is C18H21N3O4. The maximum absolute atomic E-state index is 12.6. The summed E-state index contributed by atoms with van der Waals surface area (Å²) >= 11 is 0. The Hall–Kier alpha value is -2.96. The number of benzene rings is 1. The molecular weight excluding hydrogens is 322 g/mol. The van der Waals surface area contributed by atoms with Crippen molar-refractivity contribution in [1.29, 1.82) is 0 Å². The zero-order chi connectivity index (χ0) is 17.8. The first-order chi connectivity index (χ1) is 12.1. The number of ether oxygens (including phenoxy) is 2. The highest BCUT2D eigenvalue weighted by Crippen LogP contribution is 2.37. The summed E-state index contributed by atoms with van der Waals surface area (Å²) in [5, 5.41) is 13.0. The lowest BCUT2D eigenvalue weighted by Crippen LogP contribution is -2.37. The number of hydrogen-bond donors (Lipinski definition) is 2.